The number of amides is 2. The van der Waals surface area contributed by atoms with E-state index in [-0.39, 0.29) is 37.0 Å². The molecule has 1 heterocycles. The lowest BCUT2D eigenvalue weighted by Gasteiger charge is -2.55. The van der Waals surface area contributed by atoms with E-state index in [2.05, 4.69) is 16.1 Å². The molecule has 1 aliphatic heterocycles. The molecule has 5 aliphatic rings. The van der Waals surface area contributed by atoms with Crippen molar-refractivity contribution in [2.75, 3.05) is 26.7 Å². The number of carbonyl (C=O) groups excluding carboxylic acids is 2. The zero-order chi connectivity index (χ0) is 22.9. The Morgan fingerprint density at radius 1 is 1.25 bits per heavy atom. The molecule has 0 aromatic carbocycles. The summed E-state index contributed by atoms with van der Waals surface area (Å²) in [5.41, 5.74) is 2.02. The van der Waals surface area contributed by atoms with Crippen molar-refractivity contribution >= 4 is 23.4 Å². The Balaban J connectivity index is 1.24. The van der Waals surface area contributed by atoms with Gasteiger partial charge in [-0.1, -0.05) is 0 Å². The predicted molar refractivity (Wildman–Crippen MR) is 118 cm³/mol. The number of hydrazine groups is 1. The minimum atomic E-state index is -1.10. The number of nitrogens with one attached hydrogen (secondary N) is 3. The molecule has 5 atom stereocenters. The fraction of sp³-hybridized carbons (Fsp3) is 0.909. The predicted octanol–water partition coefficient (Wildman–Crippen LogP) is 1.01. The van der Waals surface area contributed by atoms with Crippen LogP contribution in [0.2, 0.25) is 0 Å². The Labute approximate surface area is 193 Å². The molecule has 1 saturated heterocycles. The second-order valence-corrected chi connectivity index (χ2v) is 10.8. The highest BCUT2D eigenvalue weighted by molar-refractivity contribution is 6.21. The molecule has 0 spiro atoms. The number of fused-ring (bicyclic) bond motifs is 3. The van der Waals surface area contributed by atoms with Gasteiger partial charge in [0.2, 0.25) is 11.8 Å². The van der Waals surface area contributed by atoms with Crippen molar-refractivity contribution < 1.29 is 23.8 Å². The largest absolute Gasteiger partial charge is 0.392 e. The second-order valence-electron chi connectivity index (χ2n) is 10.2. The molecule has 5 unspecified atom stereocenters. The molecule has 8 nitrogen and oxygen atoms in total. The number of hydrogen-bond acceptors (Lipinski definition) is 6. The maximum atomic E-state index is 13.8. The first-order chi connectivity index (χ1) is 15.2. The molecule has 2 bridgehead atoms. The van der Waals surface area contributed by atoms with Gasteiger partial charge in [0.05, 0.1) is 23.0 Å². The highest BCUT2D eigenvalue weighted by Crippen LogP contribution is 2.52. The van der Waals surface area contributed by atoms with Gasteiger partial charge in [0.15, 0.2) is 0 Å². The van der Waals surface area contributed by atoms with Gasteiger partial charge in [-0.05, 0) is 51.4 Å². The van der Waals surface area contributed by atoms with Crippen molar-refractivity contribution in [3.05, 3.63) is 0 Å². The molecule has 0 aromatic heterocycles. The summed E-state index contributed by atoms with van der Waals surface area (Å²) >= 11 is 5.90. The minimum Gasteiger partial charge on any atom is -0.392 e. The maximum absolute atomic E-state index is 13.8. The van der Waals surface area contributed by atoms with E-state index in [9.17, 15) is 19.1 Å². The number of carbonyl (C=O) groups is 2. The molecule has 5 fully saturated rings. The van der Waals surface area contributed by atoms with E-state index in [0.717, 1.165) is 13.0 Å². The highest BCUT2D eigenvalue weighted by atomic mass is 35.5. The first kappa shape index (κ1) is 24.1. The monoisotopic (exact) mass is 474 g/mol. The molecule has 32 heavy (non-hydrogen) atoms. The summed E-state index contributed by atoms with van der Waals surface area (Å²) in [6.45, 7) is 1.36. The van der Waals surface area contributed by atoms with E-state index in [1.807, 2.05) is 12.1 Å². The van der Waals surface area contributed by atoms with Crippen LogP contribution >= 0.6 is 11.6 Å². The summed E-state index contributed by atoms with van der Waals surface area (Å²) in [4.78, 5) is 25.6. The van der Waals surface area contributed by atoms with Crippen LogP contribution in [0.3, 0.4) is 0 Å². The van der Waals surface area contributed by atoms with Crippen molar-refractivity contribution in [2.45, 2.75) is 93.1 Å². The molecule has 5 rings (SSSR count). The number of hydrogen-bond donors (Lipinski definition) is 4. The normalized spacial score (nSPS) is 42.1. The summed E-state index contributed by atoms with van der Waals surface area (Å²) in [7, 11) is 1.98. The lowest BCUT2D eigenvalue weighted by molar-refractivity contribution is -0.157. The number of aliphatic hydroxyl groups excluding tert-OH is 1. The van der Waals surface area contributed by atoms with Crippen molar-refractivity contribution in [1.82, 2.24) is 21.1 Å². The quantitative estimate of drug-likeness (QED) is 0.411. The van der Waals surface area contributed by atoms with Gasteiger partial charge in [0, 0.05) is 38.1 Å². The van der Waals surface area contributed by atoms with Crippen LogP contribution in [0.4, 0.5) is 4.39 Å². The number of nitrogens with zero attached hydrogens (tertiary/aromatic N) is 1. The maximum Gasteiger partial charge on any atom is 0.246 e. The van der Waals surface area contributed by atoms with E-state index >= 15 is 0 Å². The van der Waals surface area contributed by atoms with E-state index in [4.69, 9.17) is 16.3 Å². The second kappa shape index (κ2) is 9.70. The van der Waals surface area contributed by atoms with E-state index in [1.165, 1.54) is 0 Å². The third kappa shape index (κ3) is 5.06. The molecule has 0 radical (unpaired) electrons. The Morgan fingerprint density at radius 2 is 2.00 bits per heavy atom. The highest BCUT2D eigenvalue weighted by Gasteiger charge is 2.58. The van der Waals surface area contributed by atoms with Crippen LogP contribution in [0.5, 0.6) is 0 Å². The van der Waals surface area contributed by atoms with Crippen LogP contribution in [0.25, 0.3) is 0 Å². The van der Waals surface area contributed by atoms with Crippen LogP contribution in [0, 0.1) is 5.41 Å². The summed E-state index contributed by atoms with van der Waals surface area (Å²) < 4.78 is 19.4. The molecule has 4 aliphatic carbocycles. The van der Waals surface area contributed by atoms with Crippen LogP contribution in [0.15, 0.2) is 0 Å². The number of halogens is 2. The zero-order valence-corrected chi connectivity index (χ0v) is 19.5. The van der Waals surface area contributed by atoms with Gasteiger partial charge < -0.3 is 20.5 Å². The minimum absolute atomic E-state index is 0.0833. The van der Waals surface area contributed by atoms with Crippen LogP contribution < -0.4 is 16.1 Å². The summed E-state index contributed by atoms with van der Waals surface area (Å²) in [6.07, 6.45) is 2.94. The molecule has 182 valence electrons. The SMILES string of the molecule is CN1CCC(CNC(=O)C23CCC(NC(=O)COC4CCC(Cl)C(F)C4)(CC2)CC3O)N1. The first-order valence-corrected chi connectivity index (χ1v) is 12.3. The van der Waals surface area contributed by atoms with Gasteiger partial charge >= 0.3 is 0 Å². The third-order valence-corrected chi connectivity index (χ3v) is 8.49. The molecular formula is C22H36ClFN4O4. The molecule has 4 saturated carbocycles. The van der Waals surface area contributed by atoms with Gasteiger partial charge in [-0.15, -0.1) is 11.6 Å². The van der Waals surface area contributed by atoms with Crippen LogP contribution in [-0.4, -0.2) is 84.0 Å². The van der Waals surface area contributed by atoms with Crippen molar-refractivity contribution in [2.24, 2.45) is 5.41 Å². The van der Waals surface area contributed by atoms with Crippen molar-refractivity contribution in [3.63, 3.8) is 0 Å². The standard InChI is InChI=1S/C22H36ClFN4O4/c1-28-9-4-14(27-28)12-25-20(31)22-7-5-21(6-8-22,11-18(22)29)26-19(30)13-32-15-2-3-16(23)17(24)10-15/h14-18,27,29H,2-13H2,1H3,(H,25,31)(H,26,30). The van der Waals surface area contributed by atoms with Crippen LogP contribution in [-0.2, 0) is 14.3 Å². The Morgan fingerprint density at radius 3 is 2.62 bits per heavy atom. The van der Waals surface area contributed by atoms with E-state index in [0.29, 0.717) is 51.5 Å². The van der Waals surface area contributed by atoms with E-state index < -0.39 is 28.6 Å². The summed E-state index contributed by atoms with van der Waals surface area (Å²) in [6, 6.07) is 0.218. The summed E-state index contributed by atoms with van der Waals surface area (Å²) in [5, 5.41) is 18.5. The molecule has 0 aromatic rings. The van der Waals surface area contributed by atoms with Gasteiger partial charge in [-0.2, -0.15) is 0 Å². The van der Waals surface area contributed by atoms with Crippen molar-refractivity contribution in [1.29, 1.82) is 0 Å². The Hall–Kier alpha value is -1.00. The average molecular weight is 475 g/mol. The zero-order valence-electron chi connectivity index (χ0n) is 18.7. The number of rotatable bonds is 7. The topological polar surface area (TPSA) is 103 Å². The Bertz CT molecular complexity index is 705. The molecule has 10 heteroatoms. The van der Waals surface area contributed by atoms with E-state index in [1.54, 1.807) is 0 Å². The number of aliphatic hydroxyl groups is 1. The molecule has 2 amide bonds. The van der Waals surface area contributed by atoms with Crippen LogP contribution in [0.1, 0.15) is 57.8 Å². The number of ether oxygens (including phenoxy) is 1. The summed E-state index contributed by atoms with van der Waals surface area (Å²) in [5.74, 6) is -0.337. The fourth-order valence-electron chi connectivity index (χ4n) is 5.88. The Kier molecular flexibility index (Phi) is 7.32. The number of alkyl halides is 2. The van der Waals surface area contributed by atoms with Gasteiger partial charge in [0.25, 0.3) is 0 Å². The van der Waals surface area contributed by atoms with Crippen molar-refractivity contribution in [3.8, 4) is 0 Å². The van der Waals surface area contributed by atoms with Gasteiger partial charge in [-0.25, -0.2) is 9.40 Å². The lowest BCUT2D eigenvalue weighted by atomic mass is 9.55. The molecule has 4 N–H and O–H groups in total. The fourth-order valence-corrected chi connectivity index (χ4v) is 6.11. The average Bonchev–Trinajstić information content (AvgIpc) is 3.18. The third-order valence-electron chi connectivity index (χ3n) is 8.00. The first-order valence-electron chi connectivity index (χ1n) is 11.9. The van der Waals surface area contributed by atoms with Gasteiger partial charge in [0.1, 0.15) is 12.8 Å². The molecular weight excluding hydrogens is 439 g/mol. The smallest absolute Gasteiger partial charge is 0.246 e. The van der Waals surface area contributed by atoms with Gasteiger partial charge in [-0.3, -0.25) is 15.0 Å². The lowest BCUT2D eigenvalue weighted by Crippen LogP contribution is -2.66.